The van der Waals surface area contributed by atoms with Gasteiger partial charge in [0.15, 0.2) is 23.0 Å². The van der Waals surface area contributed by atoms with Crippen molar-refractivity contribution in [1.29, 1.82) is 5.26 Å². The minimum Gasteiger partial charge on any atom is -0.508 e. The van der Waals surface area contributed by atoms with Gasteiger partial charge < -0.3 is 34.8 Å². The Bertz CT molecular complexity index is 1760. The second-order valence-corrected chi connectivity index (χ2v) is 12.4. The molecule has 0 saturated carbocycles. The van der Waals surface area contributed by atoms with Gasteiger partial charge in [0, 0.05) is 84.9 Å². The number of nitriles is 1. The van der Waals surface area contributed by atoms with Crippen molar-refractivity contribution in [3.63, 3.8) is 0 Å². The van der Waals surface area contributed by atoms with Crippen LogP contribution >= 0.6 is 0 Å². The van der Waals surface area contributed by atoms with Gasteiger partial charge in [0.1, 0.15) is 17.5 Å². The smallest absolute Gasteiger partial charge is 0.231 e. The molecule has 12 heteroatoms. The number of benzene rings is 3. The Kier molecular flexibility index (Phi) is 8.84. The van der Waals surface area contributed by atoms with Crippen LogP contribution in [0, 0.1) is 69.2 Å². The SMILES string of the molecule is COc1c(C)cc2c(c1O)[C@@H]1C3Cc4c(O)c(C)c5c(c4[C@H](CNC(=O)Cc4ccc(O)cc4)N3C(C#N)[C@H](C2)N1C)OCO5.[Ac]. The minimum absolute atomic E-state index is 0. The third-order valence-corrected chi connectivity index (χ3v) is 10.1. The fraction of sp³-hybridized carbons (Fsp3) is 0.412. The molecule has 5 atom stereocenters. The molecule has 2 bridgehead atoms. The normalized spacial score (nSPS) is 24.1. The molecule has 1 fully saturated rings. The predicted octanol–water partition coefficient (Wildman–Crippen LogP) is 3.29. The van der Waals surface area contributed by atoms with Crippen LogP contribution in [0.3, 0.4) is 0 Å². The van der Waals surface area contributed by atoms with Crippen LogP contribution in [0.15, 0.2) is 30.3 Å². The Balaban J connectivity index is 0.00000372. The summed E-state index contributed by atoms with van der Waals surface area (Å²) in [5.41, 5.74) is 5.29. The summed E-state index contributed by atoms with van der Waals surface area (Å²) in [6.45, 7) is 3.85. The second-order valence-electron chi connectivity index (χ2n) is 12.4. The van der Waals surface area contributed by atoms with E-state index in [1.54, 1.807) is 38.3 Å². The number of fused-ring (bicyclic) bond motifs is 9. The Labute approximate surface area is 303 Å². The number of carbonyl (C=O) groups is 1. The van der Waals surface area contributed by atoms with Crippen LogP contribution in [0.25, 0.3) is 0 Å². The zero-order valence-electron chi connectivity index (χ0n) is 26.2. The molecule has 0 aromatic heterocycles. The van der Waals surface area contributed by atoms with E-state index in [1.807, 2.05) is 20.0 Å². The number of piperazine rings is 1. The summed E-state index contributed by atoms with van der Waals surface area (Å²) >= 11 is 0. The Morgan fingerprint density at radius 1 is 1.07 bits per heavy atom. The first kappa shape index (κ1) is 32.7. The van der Waals surface area contributed by atoms with E-state index < -0.39 is 12.1 Å². The van der Waals surface area contributed by atoms with Gasteiger partial charge in [0.25, 0.3) is 0 Å². The third-order valence-electron chi connectivity index (χ3n) is 10.1. The van der Waals surface area contributed by atoms with E-state index in [-0.39, 0.29) is 105 Å². The molecule has 1 radical (unpaired) electrons. The maximum absolute atomic E-state index is 13.3. The van der Waals surface area contributed by atoms with Gasteiger partial charge >= 0.3 is 0 Å². The number of aromatic hydroxyl groups is 3. The summed E-state index contributed by atoms with van der Waals surface area (Å²) in [7, 11) is 3.53. The number of phenols is 3. The van der Waals surface area contributed by atoms with Crippen LogP contribution in [0.2, 0.25) is 0 Å². The molecule has 0 spiro atoms. The van der Waals surface area contributed by atoms with E-state index >= 15 is 0 Å². The van der Waals surface area contributed by atoms with Gasteiger partial charge in [-0.25, -0.2) is 0 Å². The van der Waals surface area contributed by atoms with Crippen molar-refractivity contribution in [1.82, 2.24) is 15.1 Å². The number of rotatable bonds is 5. The summed E-state index contributed by atoms with van der Waals surface area (Å²) in [6.07, 6.45) is 1.04. The topological polar surface area (TPSA) is 148 Å². The second kappa shape index (κ2) is 12.4. The van der Waals surface area contributed by atoms with E-state index in [0.29, 0.717) is 46.8 Å². The van der Waals surface area contributed by atoms with Gasteiger partial charge in [0.05, 0.1) is 31.7 Å². The summed E-state index contributed by atoms with van der Waals surface area (Å²) in [5, 5.41) is 46.6. The number of phenolic OH excluding ortho intramolecular Hbond substituents is 3. The Hall–Kier alpha value is -3.22. The molecule has 4 N–H and O–H groups in total. The molecular formula is C34H36AcN4O7. The van der Waals surface area contributed by atoms with Gasteiger partial charge in [-0.15, -0.1) is 0 Å². The molecule has 237 valence electrons. The number of nitrogens with zero attached hydrogens (tertiary/aromatic N) is 3. The van der Waals surface area contributed by atoms with Crippen LogP contribution in [0.4, 0.5) is 0 Å². The van der Waals surface area contributed by atoms with Crippen molar-refractivity contribution in [2.75, 3.05) is 27.5 Å². The van der Waals surface area contributed by atoms with Gasteiger partial charge in [-0.1, -0.05) is 18.2 Å². The summed E-state index contributed by atoms with van der Waals surface area (Å²) in [6, 6.07) is 9.14. The number of aryl methyl sites for hydroxylation is 1. The molecule has 7 rings (SSSR count). The standard InChI is InChI=1S/C34H36N4O7.Ac/c1-16-9-19-11-22-24(13-35)38-23(29(37(22)3)27(19)31(42)32(16)43-4)12-21-28(34-33(44-15-45-34)17(2)30(21)41)25(38)14-36-26(40)10-18-5-7-20(39)8-6-18;/h5-9,22-25,29,39,41-42H,10-12,14-15H2,1-4H3,(H,36,40);/t22-,23?,24?,25-,29-;/m0./s1. The van der Waals surface area contributed by atoms with Crippen LogP contribution < -0.4 is 19.5 Å². The summed E-state index contributed by atoms with van der Waals surface area (Å²) < 4.78 is 17.4. The first-order chi connectivity index (χ1) is 21.6. The maximum atomic E-state index is 13.3. The zero-order chi connectivity index (χ0) is 31.7. The van der Waals surface area contributed by atoms with Gasteiger partial charge in [-0.2, -0.15) is 5.26 Å². The van der Waals surface area contributed by atoms with Crippen molar-refractivity contribution < 1.29 is 78.4 Å². The number of hydrogen-bond donors (Lipinski definition) is 4. The monoisotopic (exact) mass is 839 g/mol. The fourth-order valence-corrected chi connectivity index (χ4v) is 8.11. The Morgan fingerprint density at radius 2 is 1.78 bits per heavy atom. The first-order valence-corrected chi connectivity index (χ1v) is 15.1. The van der Waals surface area contributed by atoms with Crippen molar-refractivity contribution in [2.24, 2.45) is 0 Å². The maximum Gasteiger partial charge on any atom is 0.231 e. The molecule has 1 amide bonds. The third kappa shape index (κ3) is 4.99. The quantitative estimate of drug-likeness (QED) is 0.302. The predicted molar refractivity (Wildman–Crippen MR) is 163 cm³/mol. The molecule has 46 heavy (non-hydrogen) atoms. The number of carbonyl (C=O) groups excluding carboxylic acids is 1. The Morgan fingerprint density at radius 3 is 2.48 bits per heavy atom. The van der Waals surface area contributed by atoms with Gasteiger partial charge in [-0.3, -0.25) is 14.6 Å². The summed E-state index contributed by atoms with van der Waals surface area (Å²) in [5.74, 6) is 1.52. The van der Waals surface area contributed by atoms with Crippen LogP contribution in [0.5, 0.6) is 34.5 Å². The number of ether oxygens (including phenoxy) is 3. The fourth-order valence-electron chi connectivity index (χ4n) is 8.11. The number of likely N-dealkylation sites (N-methyl/N-ethyl adjacent to an activating group) is 1. The molecule has 1 saturated heterocycles. The number of methoxy groups -OCH3 is 1. The van der Waals surface area contributed by atoms with Crippen LogP contribution in [0.1, 0.15) is 51.0 Å². The number of hydrogen-bond acceptors (Lipinski definition) is 10. The molecule has 4 heterocycles. The number of nitrogens with one attached hydrogen (secondary N) is 1. The average Bonchev–Trinajstić information content (AvgIpc) is 3.50. The molecule has 4 aliphatic rings. The minimum atomic E-state index is -0.567. The van der Waals surface area contributed by atoms with Gasteiger partial charge in [-0.05, 0) is 62.6 Å². The summed E-state index contributed by atoms with van der Waals surface area (Å²) in [4.78, 5) is 17.6. The molecule has 3 aromatic rings. The molecular weight excluding hydrogens is 803 g/mol. The molecule has 2 unspecified atom stereocenters. The molecule has 3 aromatic carbocycles. The van der Waals surface area contributed by atoms with Crippen molar-refractivity contribution in [3.05, 3.63) is 69.3 Å². The van der Waals surface area contributed by atoms with Crippen LogP contribution in [-0.4, -0.2) is 76.6 Å². The number of amides is 1. The first-order valence-electron chi connectivity index (χ1n) is 15.1. The van der Waals surface area contributed by atoms with E-state index in [9.17, 15) is 25.4 Å². The van der Waals surface area contributed by atoms with Crippen molar-refractivity contribution >= 4 is 5.91 Å². The van der Waals surface area contributed by atoms with E-state index in [0.717, 1.165) is 22.3 Å². The largest absolute Gasteiger partial charge is 0.508 e. The van der Waals surface area contributed by atoms with Crippen molar-refractivity contribution in [2.45, 2.75) is 63.3 Å². The average molecular weight is 840 g/mol. The van der Waals surface area contributed by atoms with Crippen LogP contribution in [-0.2, 0) is 24.1 Å². The van der Waals surface area contributed by atoms with E-state index in [4.69, 9.17) is 14.2 Å². The van der Waals surface area contributed by atoms with E-state index in [1.165, 1.54) is 0 Å². The molecule has 0 aliphatic carbocycles. The molecule has 11 nitrogen and oxygen atoms in total. The van der Waals surface area contributed by atoms with Crippen molar-refractivity contribution in [3.8, 4) is 40.6 Å². The molecule has 4 aliphatic heterocycles. The van der Waals surface area contributed by atoms with E-state index in [2.05, 4.69) is 21.2 Å². The van der Waals surface area contributed by atoms with Gasteiger partial charge in [0.2, 0.25) is 12.7 Å². The zero-order valence-corrected chi connectivity index (χ0v) is 30.9.